The zero-order valence-electron chi connectivity index (χ0n) is 9.23. The Labute approximate surface area is 79.1 Å². The minimum Gasteiger partial charge on any atom is -0.103 e. The molecule has 0 aliphatic carbocycles. The highest BCUT2D eigenvalue weighted by molar-refractivity contribution is 4.60. The Balaban J connectivity index is 0. The van der Waals surface area contributed by atoms with Crippen LogP contribution >= 0.6 is 0 Å². The van der Waals surface area contributed by atoms with E-state index in [4.69, 9.17) is 0 Å². The number of unbranched alkanes of at least 4 members (excludes halogenated alkanes) is 5. The molecule has 0 aromatic rings. The lowest BCUT2D eigenvalue weighted by Gasteiger charge is -1.93. The average molecular weight is 170 g/mol. The molecule has 0 N–H and O–H groups in total. The van der Waals surface area contributed by atoms with Crippen LogP contribution in [0, 0.1) is 0 Å². The third-order valence-electron chi connectivity index (χ3n) is 1.75. The van der Waals surface area contributed by atoms with Crippen LogP contribution in [-0.2, 0) is 0 Å². The number of allylic oxidation sites excluding steroid dienone is 1. The second-order valence-corrected chi connectivity index (χ2v) is 3.11. The molecular weight excluding hydrogens is 144 g/mol. The summed E-state index contributed by atoms with van der Waals surface area (Å²) in [6.07, 6.45) is 11.4. The maximum atomic E-state index is 3.48. The van der Waals surface area contributed by atoms with Crippen LogP contribution in [0.1, 0.15) is 65.7 Å². The van der Waals surface area contributed by atoms with Crippen molar-refractivity contribution < 1.29 is 0 Å². The Morgan fingerprint density at radius 3 is 1.33 bits per heavy atom. The first kappa shape index (κ1) is 14.3. The van der Waals surface area contributed by atoms with Gasteiger partial charge in [-0.05, 0) is 6.42 Å². The minimum absolute atomic E-state index is 1.08. The summed E-state index contributed by atoms with van der Waals surface area (Å²) in [6.45, 7) is 10.1. The van der Waals surface area contributed by atoms with Gasteiger partial charge in [-0.3, -0.25) is 0 Å². The fourth-order valence-corrected chi connectivity index (χ4v) is 0.854. The second-order valence-electron chi connectivity index (χ2n) is 3.11. The van der Waals surface area contributed by atoms with Crippen molar-refractivity contribution in [2.24, 2.45) is 0 Å². The Hall–Kier alpha value is -0.260. The van der Waals surface area contributed by atoms with Crippen LogP contribution < -0.4 is 0 Å². The summed E-state index contributed by atoms with van der Waals surface area (Å²) in [4.78, 5) is 0. The van der Waals surface area contributed by atoms with Crippen LogP contribution in [-0.4, -0.2) is 0 Å². The summed E-state index contributed by atoms with van der Waals surface area (Å²) in [6, 6.07) is 0. The molecule has 0 bridgehead atoms. The van der Waals surface area contributed by atoms with E-state index < -0.39 is 0 Å². The predicted molar refractivity (Wildman–Crippen MR) is 59.5 cm³/mol. The first-order valence-electron chi connectivity index (χ1n) is 5.44. The van der Waals surface area contributed by atoms with Crippen molar-refractivity contribution in [2.75, 3.05) is 0 Å². The van der Waals surface area contributed by atoms with Crippen molar-refractivity contribution in [3.63, 3.8) is 0 Å². The van der Waals surface area contributed by atoms with E-state index in [2.05, 4.69) is 27.4 Å². The first-order valence-corrected chi connectivity index (χ1v) is 5.44. The molecule has 0 aliphatic rings. The van der Waals surface area contributed by atoms with E-state index in [1.54, 1.807) is 0 Å². The molecule has 0 aromatic carbocycles. The maximum Gasteiger partial charge on any atom is -0.0382 e. The summed E-state index contributed by atoms with van der Waals surface area (Å²) >= 11 is 0. The molecule has 0 aliphatic heterocycles. The van der Waals surface area contributed by atoms with Crippen molar-refractivity contribution in [1.29, 1.82) is 0 Å². The zero-order valence-corrected chi connectivity index (χ0v) is 9.23. The molecule has 0 saturated heterocycles. The van der Waals surface area contributed by atoms with E-state index in [1.807, 2.05) is 6.08 Å². The van der Waals surface area contributed by atoms with Crippen molar-refractivity contribution in [3.05, 3.63) is 12.7 Å². The van der Waals surface area contributed by atoms with Crippen molar-refractivity contribution >= 4 is 0 Å². The third kappa shape index (κ3) is 22.6. The Morgan fingerprint density at radius 1 is 0.833 bits per heavy atom. The average Bonchev–Trinajstić information content (AvgIpc) is 2.13. The van der Waals surface area contributed by atoms with Gasteiger partial charge in [0.1, 0.15) is 0 Å². The Morgan fingerprint density at radius 2 is 1.17 bits per heavy atom. The van der Waals surface area contributed by atoms with Crippen molar-refractivity contribution in [1.82, 2.24) is 0 Å². The summed E-state index contributed by atoms with van der Waals surface area (Å²) in [5.74, 6) is 0. The number of hydrogen-bond acceptors (Lipinski definition) is 0. The zero-order chi connectivity index (χ0) is 9.66. The van der Waals surface area contributed by atoms with Crippen LogP contribution in [0.15, 0.2) is 12.7 Å². The van der Waals surface area contributed by atoms with Crippen LogP contribution in [0.25, 0.3) is 0 Å². The van der Waals surface area contributed by atoms with Gasteiger partial charge in [0.05, 0.1) is 0 Å². The molecule has 0 atom stereocenters. The molecule has 0 rings (SSSR count). The summed E-state index contributed by atoms with van der Waals surface area (Å²) in [5.41, 5.74) is 0. The highest BCUT2D eigenvalue weighted by atomic mass is 13.9. The van der Waals surface area contributed by atoms with Gasteiger partial charge in [-0.2, -0.15) is 0 Å². The monoisotopic (exact) mass is 170 g/mol. The quantitative estimate of drug-likeness (QED) is 0.391. The lowest BCUT2D eigenvalue weighted by Crippen LogP contribution is -1.73. The molecule has 0 heterocycles. The molecule has 0 saturated carbocycles. The molecule has 12 heavy (non-hydrogen) atoms. The lowest BCUT2D eigenvalue weighted by atomic mass is 10.1. The molecule has 0 spiro atoms. The number of hydrogen-bond donors (Lipinski definition) is 0. The SMILES string of the molecule is C=CCC.CCCCCCCC. The first-order chi connectivity index (χ1) is 5.83. The van der Waals surface area contributed by atoms with Gasteiger partial charge in [0.15, 0.2) is 0 Å². The van der Waals surface area contributed by atoms with Gasteiger partial charge in [0.25, 0.3) is 0 Å². The van der Waals surface area contributed by atoms with Crippen LogP contribution in [0.4, 0.5) is 0 Å². The smallest absolute Gasteiger partial charge is 0.0382 e. The third-order valence-corrected chi connectivity index (χ3v) is 1.75. The Bertz CT molecular complexity index is 58.4. The summed E-state index contributed by atoms with van der Waals surface area (Å²) in [5, 5.41) is 0. The van der Waals surface area contributed by atoms with Crippen molar-refractivity contribution in [3.8, 4) is 0 Å². The van der Waals surface area contributed by atoms with Crippen LogP contribution in [0.3, 0.4) is 0 Å². The van der Waals surface area contributed by atoms with Gasteiger partial charge in [0, 0.05) is 0 Å². The molecule has 0 heteroatoms. The highest BCUT2D eigenvalue weighted by Gasteiger charge is 1.83. The van der Waals surface area contributed by atoms with Crippen LogP contribution in [0.5, 0.6) is 0 Å². The molecule has 74 valence electrons. The van der Waals surface area contributed by atoms with Gasteiger partial charge in [0.2, 0.25) is 0 Å². The van der Waals surface area contributed by atoms with E-state index in [-0.39, 0.29) is 0 Å². The fraction of sp³-hybridized carbons (Fsp3) is 0.833. The lowest BCUT2D eigenvalue weighted by molar-refractivity contribution is 0.624. The largest absolute Gasteiger partial charge is 0.103 e. The molecular formula is C12H26. The van der Waals surface area contributed by atoms with Gasteiger partial charge < -0.3 is 0 Å². The minimum atomic E-state index is 1.08. The molecule has 0 aromatic heterocycles. The summed E-state index contributed by atoms with van der Waals surface area (Å²) in [7, 11) is 0. The van der Waals surface area contributed by atoms with Gasteiger partial charge >= 0.3 is 0 Å². The standard InChI is InChI=1S/C8H18.C4H8/c1-3-5-7-8-6-4-2;1-3-4-2/h3-8H2,1-2H3;3H,1,4H2,2H3. The van der Waals surface area contributed by atoms with E-state index in [1.165, 1.54) is 38.5 Å². The van der Waals surface area contributed by atoms with Crippen molar-refractivity contribution in [2.45, 2.75) is 65.7 Å². The van der Waals surface area contributed by atoms with E-state index in [9.17, 15) is 0 Å². The molecule has 0 nitrogen and oxygen atoms in total. The molecule has 0 fully saturated rings. The second kappa shape index (κ2) is 17.0. The van der Waals surface area contributed by atoms with E-state index in [0.29, 0.717) is 0 Å². The van der Waals surface area contributed by atoms with Crippen LogP contribution in [0.2, 0.25) is 0 Å². The summed E-state index contributed by atoms with van der Waals surface area (Å²) < 4.78 is 0. The topological polar surface area (TPSA) is 0 Å². The van der Waals surface area contributed by atoms with E-state index >= 15 is 0 Å². The molecule has 0 amide bonds. The Kier molecular flexibility index (Phi) is 20.2. The fourth-order valence-electron chi connectivity index (χ4n) is 0.854. The van der Waals surface area contributed by atoms with Gasteiger partial charge in [-0.1, -0.05) is 65.4 Å². The van der Waals surface area contributed by atoms with Gasteiger partial charge in [-0.25, -0.2) is 0 Å². The highest BCUT2D eigenvalue weighted by Crippen LogP contribution is 2.03. The number of rotatable bonds is 6. The van der Waals surface area contributed by atoms with E-state index in [0.717, 1.165) is 6.42 Å². The molecule has 0 unspecified atom stereocenters. The maximum absolute atomic E-state index is 3.48. The van der Waals surface area contributed by atoms with Gasteiger partial charge in [-0.15, -0.1) is 6.58 Å². The normalized spacial score (nSPS) is 8.58. The predicted octanol–water partition coefficient (Wildman–Crippen LogP) is 4.95. The molecule has 0 radical (unpaired) electrons.